The van der Waals surface area contributed by atoms with Crippen molar-refractivity contribution in [1.82, 2.24) is 9.97 Å². The van der Waals surface area contributed by atoms with E-state index in [1.807, 2.05) is 30.3 Å². The second kappa shape index (κ2) is 10.4. The third-order valence-electron chi connectivity index (χ3n) is 5.48. The van der Waals surface area contributed by atoms with Gasteiger partial charge in [-0.25, -0.2) is 9.97 Å². The number of anilines is 1. The quantitative estimate of drug-likeness (QED) is 0.0977. The van der Waals surface area contributed by atoms with Crippen molar-refractivity contribution in [2.45, 2.75) is 10.4 Å². The molecule has 178 valence electrons. The van der Waals surface area contributed by atoms with E-state index < -0.39 is 5.25 Å². The van der Waals surface area contributed by atoms with Gasteiger partial charge in [0.1, 0.15) is 16.0 Å². The fourth-order valence-corrected chi connectivity index (χ4v) is 5.93. The van der Waals surface area contributed by atoms with E-state index in [4.69, 9.17) is 38.9 Å². The lowest BCUT2D eigenvalue weighted by molar-refractivity contribution is -0.107. The molecule has 5 nitrogen and oxygen atoms in total. The molecule has 2 aromatic heterocycles. The monoisotopic (exact) mass is 549 g/mol. The number of thiophene rings is 1. The highest BCUT2D eigenvalue weighted by Crippen LogP contribution is 2.42. The number of aldehydes is 1. The largest absolute Gasteiger partial charge is 0.397 e. The van der Waals surface area contributed by atoms with Crippen LogP contribution in [0, 0.1) is 0 Å². The summed E-state index contributed by atoms with van der Waals surface area (Å²) >= 11 is 14.4. The molecule has 1 atom stereocenters. The maximum atomic E-state index is 13.3. The summed E-state index contributed by atoms with van der Waals surface area (Å²) in [6, 6.07) is 23.3. The number of rotatable bonds is 7. The molecule has 0 amide bonds. The summed E-state index contributed by atoms with van der Waals surface area (Å²) in [4.78, 5) is 35.7. The summed E-state index contributed by atoms with van der Waals surface area (Å²) in [6.07, 6.45) is 0.849. The normalized spacial score (nSPS) is 11.9. The highest BCUT2D eigenvalue weighted by molar-refractivity contribution is 8.00. The lowest BCUT2D eigenvalue weighted by Gasteiger charge is -2.11. The number of carbonyl (C=O) groups excluding carboxylic acids is 2. The fourth-order valence-electron chi connectivity index (χ4n) is 3.70. The van der Waals surface area contributed by atoms with E-state index in [2.05, 4.69) is 0 Å². The third kappa shape index (κ3) is 4.88. The lowest BCUT2D eigenvalue weighted by atomic mass is 10.1. The molecule has 9 heteroatoms. The number of thioether (sulfide) groups is 1. The van der Waals surface area contributed by atoms with Gasteiger partial charge in [-0.15, -0.1) is 11.3 Å². The molecule has 5 aromatic rings. The molecule has 0 aliphatic heterocycles. The predicted molar refractivity (Wildman–Crippen MR) is 148 cm³/mol. The number of hydrogen-bond acceptors (Lipinski definition) is 7. The molecule has 0 aliphatic carbocycles. The zero-order chi connectivity index (χ0) is 25.2. The van der Waals surface area contributed by atoms with Gasteiger partial charge >= 0.3 is 0 Å². The Balaban J connectivity index is 1.63. The van der Waals surface area contributed by atoms with Gasteiger partial charge in [-0.3, -0.25) is 4.79 Å². The maximum Gasteiger partial charge on any atom is 0.205 e. The molecule has 0 aliphatic rings. The van der Waals surface area contributed by atoms with Crippen molar-refractivity contribution in [3.63, 3.8) is 0 Å². The number of nitrogens with two attached hydrogens (primary N) is 1. The van der Waals surface area contributed by atoms with Gasteiger partial charge in [0.25, 0.3) is 0 Å². The van der Waals surface area contributed by atoms with Gasteiger partial charge < -0.3 is 10.5 Å². The van der Waals surface area contributed by atoms with Crippen molar-refractivity contribution in [2.24, 2.45) is 0 Å². The van der Waals surface area contributed by atoms with E-state index in [1.165, 1.54) is 23.1 Å². The molecular formula is C27H17Cl2N3O2S2. The predicted octanol–water partition coefficient (Wildman–Crippen LogP) is 7.51. The van der Waals surface area contributed by atoms with Crippen LogP contribution in [0.1, 0.15) is 26.0 Å². The lowest BCUT2D eigenvalue weighted by Crippen LogP contribution is -2.02. The second-order valence-electron chi connectivity index (χ2n) is 7.81. The number of nitrogen functional groups attached to an aromatic ring is 1. The molecule has 36 heavy (non-hydrogen) atoms. The number of halogens is 2. The molecule has 3 aromatic carbocycles. The minimum atomic E-state index is -0.532. The Kier molecular flexibility index (Phi) is 7.07. The highest BCUT2D eigenvalue weighted by Gasteiger charge is 2.24. The second-order valence-corrected chi connectivity index (χ2v) is 10.8. The van der Waals surface area contributed by atoms with Crippen LogP contribution in [0.3, 0.4) is 0 Å². The fraction of sp³-hybridized carbons (Fsp3) is 0.0370. The molecule has 2 N–H and O–H groups in total. The van der Waals surface area contributed by atoms with Crippen LogP contribution in [-0.4, -0.2) is 22.0 Å². The third-order valence-corrected chi connectivity index (χ3v) is 8.12. The van der Waals surface area contributed by atoms with Gasteiger partial charge in [-0.1, -0.05) is 77.4 Å². The van der Waals surface area contributed by atoms with Crippen molar-refractivity contribution in [1.29, 1.82) is 0 Å². The summed E-state index contributed by atoms with van der Waals surface area (Å²) in [5.41, 5.74) is 9.56. The topological polar surface area (TPSA) is 85.9 Å². The molecule has 0 bridgehead atoms. The number of ketones is 1. The Morgan fingerprint density at radius 2 is 1.56 bits per heavy atom. The zero-order valence-corrected chi connectivity index (χ0v) is 21.7. The first kappa shape index (κ1) is 24.5. The van der Waals surface area contributed by atoms with Crippen molar-refractivity contribution < 1.29 is 9.59 Å². The van der Waals surface area contributed by atoms with E-state index in [1.54, 1.807) is 48.5 Å². The van der Waals surface area contributed by atoms with Gasteiger partial charge in [-0.2, -0.15) is 0 Å². The van der Waals surface area contributed by atoms with E-state index in [-0.39, 0.29) is 5.78 Å². The SMILES string of the molecule is Nc1c(C(=O)c2ccc(Cl)cc2)sc2nc(SC(C=O)c3ccc(Cl)cc3)nc(-c3ccccc3)c12. The first-order chi connectivity index (χ1) is 17.4. The van der Waals surface area contributed by atoms with Crippen LogP contribution in [0.25, 0.3) is 21.5 Å². The number of fused-ring (bicyclic) bond motifs is 1. The average Bonchev–Trinajstić information content (AvgIpc) is 3.24. The number of benzene rings is 3. The Labute approximate surface area is 225 Å². The van der Waals surface area contributed by atoms with Crippen molar-refractivity contribution in [3.8, 4) is 11.3 Å². The summed E-state index contributed by atoms with van der Waals surface area (Å²) < 4.78 is 0. The van der Waals surface area contributed by atoms with Crippen molar-refractivity contribution in [3.05, 3.63) is 105 Å². The number of nitrogens with zero attached hydrogens (tertiary/aromatic N) is 2. The number of hydrogen-bond donors (Lipinski definition) is 1. The Morgan fingerprint density at radius 1 is 0.917 bits per heavy atom. The smallest absolute Gasteiger partial charge is 0.205 e. The van der Waals surface area contributed by atoms with Gasteiger partial charge in [0, 0.05) is 21.2 Å². The molecule has 2 heterocycles. The van der Waals surface area contributed by atoms with Gasteiger partial charge in [0.2, 0.25) is 5.78 Å². The average molecular weight is 550 g/mol. The zero-order valence-electron chi connectivity index (χ0n) is 18.5. The summed E-state index contributed by atoms with van der Waals surface area (Å²) in [5.74, 6) is -0.215. The highest BCUT2D eigenvalue weighted by atomic mass is 35.5. The van der Waals surface area contributed by atoms with Crippen LogP contribution in [0.5, 0.6) is 0 Å². The summed E-state index contributed by atoms with van der Waals surface area (Å²) in [7, 11) is 0. The molecule has 0 saturated carbocycles. The van der Waals surface area contributed by atoms with Gasteiger partial charge in [-0.05, 0) is 42.0 Å². The Morgan fingerprint density at radius 3 is 2.19 bits per heavy atom. The summed E-state index contributed by atoms with van der Waals surface area (Å²) in [6.45, 7) is 0. The van der Waals surface area contributed by atoms with Gasteiger partial charge in [0.05, 0.1) is 22.0 Å². The molecule has 5 rings (SSSR count). The van der Waals surface area contributed by atoms with Crippen molar-refractivity contribution in [2.75, 3.05) is 5.73 Å². The molecule has 0 saturated heterocycles. The van der Waals surface area contributed by atoms with Crippen molar-refractivity contribution >= 4 is 74.3 Å². The Hall–Kier alpha value is -3.23. The molecule has 1 unspecified atom stereocenters. The first-order valence-electron chi connectivity index (χ1n) is 10.8. The van der Waals surface area contributed by atoms with E-state index in [9.17, 15) is 9.59 Å². The molecular weight excluding hydrogens is 533 g/mol. The minimum Gasteiger partial charge on any atom is -0.397 e. The first-order valence-corrected chi connectivity index (χ1v) is 13.2. The molecule has 0 fully saturated rings. The number of carbonyl (C=O) groups is 2. The van der Waals surface area contributed by atoms with Gasteiger partial charge in [0.15, 0.2) is 5.16 Å². The van der Waals surface area contributed by atoms with Crippen LogP contribution < -0.4 is 5.73 Å². The van der Waals surface area contributed by atoms with Crippen LogP contribution in [0.2, 0.25) is 10.0 Å². The molecule has 0 radical (unpaired) electrons. The minimum absolute atomic E-state index is 0.215. The van der Waals surface area contributed by atoms with Crippen LogP contribution in [0.4, 0.5) is 5.69 Å². The van der Waals surface area contributed by atoms with Crippen LogP contribution in [-0.2, 0) is 4.79 Å². The standard InChI is InChI=1S/C27H17Cl2N3O2S2/c28-18-10-6-15(7-11-18)20(14-33)35-27-31-23(16-4-2-1-3-5-16)21-22(30)25(36-26(21)32-27)24(34)17-8-12-19(29)13-9-17/h1-14,20H,30H2. The van der Waals surface area contributed by atoms with E-state index in [0.29, 0.717) is 47.2 Å². The van der Waals surface area contributed by atoms with Crippen LogP contribution >= 0.6 is 46.3 Å². The van der Waals surface area contributed by atoms with Crippen LogP contribution in [0.15, 0.2) is 84.0 Å². The van der Waals surface area contributed by atoms with E-state index >= 15 is 0 Å². The van der Waals surface area contributed by atoms with E-state index in [0.717, 1.165) is 17.4 Å². The molecule has 0 spiro atoms. The maximum absolute atomic E-state index is 13.3. The Bertz CT molecular complexity index is 1570. The summed E-state index contributed by atoms with van der Waals surface area (Å²) in [5, 5.41) is 1.61. The number of aromatic nitrogens is 2.